The van der Waals surface area contributed by atoms with Crippen molar-refractivity contribution in [3.8, 4) is 0 Å². The smallest absolute Gasteiger partial charge is 0.322 e. The Morgan fingerprint density at radius 1 is 1.24 bits per heavy atom. The molecule has 1 aliphatic rings. The molecule has 0 bridgehead atoms. The average molecular weight is 284 g/mol. The number of para-hydroxylation sites is 1. The quantitative estimate of drug-likeness (QED) is 0.899. The van der Waals surface area contributed by atoms with Gasteiger partial charge in [0.05, 0.1) is 0 Å². The molecule has 1 atom stereocenters. The summed E-state index contributed by atoms with van der Waals surface area (Å²) < 4.78 is 13.6. The number of carbonyl (C=O) groups excluding carboxylic acids is 1. The van der Waals surface area contributed by atoms with Crippen molar-refractivity contribution in [2.24, 2.45) is 0 Å². The zero-order valence-electron chi connectivity index (χ0n) is 11.8. The number of nitrogens with zero attached hydrogens (tertiary/aromatic N) is 1. The first-order chi connectivity index (χ1) is 10.2. The third-order valence-electron chi connectivity index (χ3n) is 3.81. The first-order valence-corrected chi connectivity index (χ1v) is 7.05. The van der Waals surface area contributed by atoms with Crippen LogP contribution >= 0.6 is 0 Å². The van der Waals surface area contributed by atoms with E-state index in [1.807, 2.05) is 31.2 Å². The molecule has 0 saturated carbocycles. The summed E-state index contributed by atoms with van der Waals surface area (Å²) in [5.74, 6) is -0.298. The van der Waals surface area contributed by atoms with Gasteiger partial charge in [0, 0.05) is 23.8 Å². The Bertz CT molecular complexity index is 671. The van der Waals surface area contributed by atoms with Crippen LogP contribution < -0.4 is 10.2 Å². The van der Waals surface area contributed by atoms with Gasteiger partial charge < -0.3 is 5.32 Å². The van der Waals surface area contributed by atoms with E-state index in [-0.39, 0.29) is 24.4 Å². The highest BCUT2D eigenvalue weighted by Crippen LogP contribution is 2.31. The summed E-state index contributed by atoms with van der Waals surface area (Å²) in [6, 6.07) is 14.3. The Balaban J connectivity index is 1.73. The third-order valence-corrected chi connectivity index (χ3v) is 3.81. The largest absolute Gasteiger partial charge is 0.333 e. The SMILES string of the molecule is CC1Cc2ccccc2N1C(=O)NCc1ccccc1F. The molecular formula is C17H17FN2O. The van der Waals surface area contributed by atoms with E-state index in [1.165, 1.54) is 11.6 Å². The molecule has 4 heteroatoms. The van der Waals surface area contributed by atoms with Crippen LogP contribution in [-0.4, -0.2) is 12.1 Å². The minimum atomic E-state index is -0.298. The fourth-order valence-corrected chi connectivity index (χ4v) is 2.77. The van der Waals surface area contributed by atoms with Crippen molar-refractivity contribution in [3.05, 3.63) is 65.5 Å². The Morgan fingerprint density at radius 3 is 2.76 bits per heavy atom. The monoisotopic (exact) mass is 284 g/mol. The Kier molecular flexibility index (Phi) is 3.60. The topological polar surface area (TPSA) is 32.3 Å². The second-order valence-electron chi connectivity index (χ2n) is 5.30. The molecule has 0 saturated heterocycles. The summed E-state index contributed by atoms with van der Waals surface area (Å²) in [4.78, 5) is 14.1. The van der Waals surface area contributed by atoms with Crippen molar-refractivity contribution in [2.75, 3.05) is 4.90 Å². The molecule has 2 aromatic carbocycles. The Hall–Kier alpha value is -2.36. The molecule has 3 rings (SSSR count). The number of benzene rings is 2. The Morgan fingerprint density at radius 2 is 1.95 bits per heavy atom. The number of halogens is 1. The number of hydrogen-bond acceptors (Lipinski definition) is 1. The highest BCUT2D eigenvalue weighted by Gasteiger charge is 2.30. The van der Waals surface area contributed by atoms with Crippen LogP contribution in [0.3, 0.4) is 0 Å². The van der Waals surface area contributed by atoms with Crippen molar-refractivity contribution < 1.29 is 9.18 Å². The summed E-state index contributed by atoms with van der Waals surface area (Å²) in [6.07, 6.45) is 0.850. The lowest BCUT2D eigenvalue weighted by atomic mass is 10.1. The maximum atomic E-state index is 13.6. The van der Waals surface area contributed by atoms with Crippen LogP contribution in [0, 0.1) is 5.82 Å². The molecule has 1 unspecified atom stereocenters. The van der Waals surface area contributed by atoms with Crippen molar-refractivity contribution in [3.63, 3.8) is 0 Å². The highest BCUT2D eigenvalue weighted by molar-refractivity contribution is 5.94. The molecule has 2 aromatic rings. The van der Waals surface area contributed by atoms with Crippen LogP contribution in [0.15, 0.2) is 48.5 Å². The van der Waals surface area contributed by atoms with Crippen LogP contribution in [0.2, 0.25) is 0 Å². The maximum Gasteiger partial charge on any atom is 0.322 e. The van der Waals surface area contributed by atoms with Gasteiger partial charge in [-0.15, -0.1) is 0 Å². The number of amides is 2. The maximum absolute atomic E-state index is 13.6. The molecular weight excluding hydrogens is 267 g/mol. The van der Waals surface area contributed by atoms with E-state index in [0.717, 1.165) is 12.1 Å². The lowest BCUT2D eigenvalue weighted by Crippen LogP contribution is -2.43. The molecule has 21 heavy (non-hydrogen) atoms. The predicted molar refractivity (Wildman–Crippen MR) is 80.7 cm³/mol. The molecule has 2 amide bonds. The van der Waals surface area contributed by atoms with Gasteiger partial charge >= 0.3 is 6.03 Å². The van der Waals surface area contributed by atoms with Crippen LogP contribution in [0.25, 0.3) is 0 Å². The van der Waals surface area contributed by atoms with Crippen LogP contribution in [-0.2, 0) is 13.0 Å². The van der Waals surface area contributed by atoms with Gasteiger partial charge in [0.25, 0.3) is 0 Å². The molecule has 0 spiro atoms. The molecule has 1 aliphatic heterocycles. The second kappa shape index (κ2) is 5.56. The zero-order chi connectivity index (χ0) is 14.8. The van der Waals surface area contributed by atoms with E-state index in [1.54, 1.807) is 23.1 Å². The van der Waals surface area contributed by atoms with Gasteiger partial charge in [-0.3, -0.25) is 4.90 Å². The number of fused-ring (bicyclic) bond motifs is 1. The number of nitrogens with one attached hydrogen (secondary N) is 1. The van der Waals surface area contributed by atoms with Gasteiger partial charge in [0.15, 0.2) is 0 Å². The lowest BCUT2D eigenvalue weighted by molar-refractivity contribution is 0.244. The van der Waals surface area contributed by atoms with E-state index in [0.29, 0.717) is 5.56 Å². The zero-order valence-corrected chi connectivity index (χ0v) is 11.8. The van der Waals surface area contributed by atoms with E-state index in [2.05, 4.69) is 5.32 Å². The summed E-state index contributed by atoms with van der Waals surface area (Å²) in [5, 5.41) is 2.80. The van der Waals surface area contributed by atoms with Crippen molar-refractivity contribution in [1.29, 1.82) is 0 Å². The van der Waals surface area contributed by atoms with Gasteiger partial charge in [-0.2, -0.15) is 0 Å². The van der Waals surface area contributed by atoms with E-state index in [9.17, 15) is 9.18 Å². The van der Waals surface area contributed by atoms with E-state index in [4.69, 9.17) is 0 Å². The minimum absolute atomic E-state index is 0.114. The van der Waals surface area contributed by atoms with Crippen LogP contribution in [0.1, 0.15) is 18.1 Å². The van der Waals surface area contributed by atoms with Gasteiger partial charge in [-0.25, -0.2) is 9.18 Å². The molecule has 0 aliphatic carbocycles. The molecule has 0 aromatic heterocycles. The van der Waals surface area contributed by atoms with Crippen molar-refractivity contribution in [2.45, 2.75) is 25.9 Å². The standard InChI is InChI=1S/C17H17FN2O/c1-12-10-13-6-3-5-9-16(13)20(12)17(21)19-11-14-7-2-4-8-15(14)18/h2-9,12H,10-11H2,1H3,(H,19,21). The van der Waals surface area contributed by atoms with Gasteiger partial charge in [0.1, 0.15) is 5.82 Å². The molecule has 108 valence electrons. The average Bonchev–Trinajstić information content (AvgIpc) is 2.82. The molecule has 0 radical (unpaired) electrons. The number of urea groups is 1. The first kappa shape index (κ1) is 13.6. The van der Waals surface area contributed by atoms with Gasteiger partial charge in [0.2, 0.25) is 0 Å². The van der Waals surface area contributed by atoms with Gasteiger partial charge in [-0.1, -0.05) is 36.4 Å². The third kappa shape index (κ3) is 2.61. The summed E-state index contributed by atoms with van der Waals surface area (Å²) >= 11 is 0. The van der Waals surface area contributed by atoms with E-state index >= 15 is 0 Å². The molecule has 1 heterocycles. The summed E-state index contributed by atoms with van der Waals surface area (Å²) in [7, 11) is 0. The lowest BCUT2D eigenvalue weighted by Gasteiger charge is -2.23. The second-order valence-corrected chi connectivity index (χ2v) is 5.30. The molecule has 3 nitrogen and oxygen atoms in total. The molecule has 0 fully saturated rings. The minimum Gasteiger partial charge on any atom is -0.333 e. The number of rotatable bonds is 2. The predicted octanol–water partition coefficient (Wildman–Crippen LogP) is 3.49. The highest BCUT2D eigenvalue weighted by atomic mass is 19.1. The number of hydrogen-bond donors (Lipinski definition) is 1. The first-order valence-electron chi connectivity index (χ1n) is 7.05. The van der Waals surface area contributed by atoms with Crippen LogP contribution in [0.5, 0.6) is 0 Å². The normalized spacial score (nSPS) is 16.7. The number of carbonyl (C=O) groups is 1. The van der Waals surface area contributed by atoms with Crippen molar-refractivity contribution in [1.82, 2.24) is 5.32 Å². The summed E-state index contributed by atoms with van der Waals surface area (Å²) in [6.45, 7) is 2.21. The number of anilines is 1. The van der Waals surface area contributed by atoms with E-state index < -0.39 is 0 Å². The molecule has 1 N–H and O–H groups in total. The van der Waals surface area contributed by atoms with Crippen LogP contribution in [0.4, 0.5) is 14.9 Å². The fourth-order valence-electron chi connectivity index (χ4n) is 2.77. The van der Waals surface area contributed by atoms with Crippen molar-refractivity contribution >= 4 is 11.7 Å². The van der Waals surface area contributed by atoms with Gasteiger partial charge in [-0.05, 0) is 31.0 Å². The summed E-state index contributed by atoms with van der Waals surface area (Å²) in [5.41, 5.74) is 2.60. The fraction of sp³-hybridized carbons (Fsp3) is 0.235. The Labute approximate surface area is 123 Å².